The molecule has 3 rings (SSSR count). The van der Waals surface area contributed by atoms with Crippen molar-refractivity contribution in [3.63, 3.8) is 0 Å². The van der Waals surface area contributed by atoms with Gasteiger partial charge in [0.2, 0.25) is 5.13 Å². The second-order valence-corrected chi connectivity index (χ2v) is 6.60. The van der Waals surface area contributed by atoms with Gasteiger partial charge >= 0.3 is 0 Å². The predicted molar refractivity (Wildman–Crippen MR) is 81.1 cm³/mol. The van der Waals surface area contributed by atoms with Crippen LogP contribution in [0.5, 0.6) is 0 Å². The van der Waals surface area contributed by atoms with E-state index in [0.717, 1.165) is 28.7 Å². The first kappa shape index (κ1) is 14.4. The van der Waals surface area contributed by atoms with Crippen LogP contribution < -0.4 is 4.90 Å². The molecule has 1 N–H and O–H groups in total. The zero-order valence-electron chi connectivity index (χ0n) is 11.9. The van der Waals surface area contributed by atoms with Crippen molar-refractivity contribution < 1.29 is 9.50 Å². The number of aliphatic hydroxyl groups is 1. The first-order chi connectivity index (χ1) is 10.1. The van der Waals surface area contributed by atoms with Crippen molar-refractivity contribution in [2.75, 3.05) is 18.0 Å². The van der Waals surface area contributed by atoms with Crippen molar-refractivity contribution in [3.05, 3.63) is 40.7 Å². The van der Waals surface area contributed by atoms with Crippen LogP contribution in [0.1, 0.15) is 23.9 Å². The van der Waals surface area contributed by atoms with Crippen molar-refractivity contribution in [2.24, 2.45) is 5.92 Å². The van der Waals surface area contributed by atoms with Gasteiger partial charge in [0.1, 0.15) is 10.8 Å². The largest absolute Gasteiger partial charge is 0.391 e. The van der Waals surface area contributed by atoms with Gasteiger partial charge in [-0.3, -0.25) is 0 Å². The average Bonchev–Trinajstić information content (AvgIpc) is 2.93. The molecule has 1 aromatic heterocycles. The number of aliphatic hydroxyl groups excluding tert-OH is 1. The normalized spacial score (nSPS) is 22.5. The monoisotopic (exact) mass is 307 g/mol. The van der Waals surface area contributed by atoms with Gasteiger partial charge in [-0.1, -0.05) is 30.4 Å². The fourth-order valence-electron chi connectivity index (χ4n) is 2.44. The van der Waals surface area contributed by atoms with Crippen molar-refractivity contribution in [1.29, 1.82) is 0 Å². The number of aromatic nitrogens is 2. The van der Waals surface area contributed by atoms with Gasteiger partial charge in [0.15, 0.2) is 0 Å². The summed E-state index contributed by atoms with van der Waals surface area (Å²) >= 11 is 1.54. The van der Waals surface area contributed by atoms with E-state index in [1.807, 2.05) is 0 Å². The van der Waals surface area contributed by atoms with Crippen molar-refractivity contribution in [3.8, 4) is 0 Å². The summed E-state index contributed by atoms with van der Waals surface area (Å²) in [6, 6.07) is 6.45. The Bertz CT molecular complexity index is 601. The Kier molecular flexibility index (Phi) is 4.17. The molecule has 112 valence electrons. The molecule has 0 amide bonds. The highest BCUT2D eigenvalue weighted by atomic mass is 32.1. The summed E-state index contributed by atoms with van der Waals surface area (Å²) in [4.78, 5) is 2.09. The molecule has 0 bridgehead atoms. The van der Waals surface area contributed by atoms with Gasteiger partial charge < -0.3 is 10.0 Å². The van der Waals surface area contributed by atoms with Gasteiger partial charge in [-0.15, -0.1) is 10.2 Å². The number of nitrogens with zero attached hydrogens (tertiary/aromatic N) is 3. The van der Waals surface area contributed by atoms with Crippen LogP contribution in [0.15, 0.2) is 24.3 Å². The van der Waals surface area contributed by atoms with Crippen molar-refractivity contribution >= 4 is 16.5 Å². The Balaban J connectivity index is 1.67. The molecule has 2 atom stereocenters. The molecule has 2 heterocycles. The molecule has 1 saturated heterocycles. The standard InChI is InChI=1S/C15H18FN3OS/c1-10-6-7-19(9-13(10)20)15-18-17-14(21-15)8-11-2-4-12(16)5-3-11/h2-5,10,13,20H,6-9H2,1H3/t10-,13+/m0/s1. The van der Waals surface area contributed by atoms with E-state index in [1.165, 1.54) is 12.1 Å². The lowest BCUT2D eigenvalue weighted by atomic mass is 9.96. The van der Waals surface area contributed by atoms with E-state index in [2.05, 4.69) is 22.0 Å². The van der Waals surface area contributed by atoms with Gasteiger partial charge in [-0.2, -0.15) is 0 Å². The SMILES string of the molecule is C[C@H]1CCN(c2nnc(Cc3ccc(F)cc3)s2)C[C@H]1O. The third kappa shape index (κ3) is 3.39. The van der Waals surface area contributed by atoms with Gasteiger partial charge in [-0.05, 0) is 30.0 Å². The lowest BCUT2D eigenvalue weighted by molar-refractivity contribution is 0.103. The van der Waals surface area contributed by atoms with E-state index in [-0.39, 0.29) is 11.9 Å². The molecule has 1 aliphatic heterocycles. The zero-order chi connectivity index (χ0) is 14.8. The second kappa shape index (κ2) is 6.07. The molecule has 21 heavy (non-hydrogen) atoms. The lowest BCUT2D eigenvalue weighted by Gasteiger charge is -2.33. The summed E-state index contributed by atoms with van der Waals surface area (Å²) in [5.74, 6) is 0.112. The number of β-amino-alcohol motifs (C(OH)–C–C–N with tert-alkyl or cyclic N) is 1. The Morgan fingerprint density at radius 1 is 1.33 bits per heavy atom. The third-order valence-electron chi connectivity index (χ3n) is 3.91. The minimum absolute atomic E-state index is 0.229. The predicted octanol–water partition coefficient (Wildman–Crippen LogP) is 2.48. The molecular weight excluding hydrogens is 289 g/mol. The molecule has 1 aromatic carbocycles. The maximum Gasteiger partial charge on any atom is 0.208 e. The number of piperidine rings is 1. The molecular formula is C15H18FN3OS. The van der Waals surface area contributed by atoms with Gasteiger partial charge in [0.25, 0.3) is 0 Å². The first-order valence-electron chi connectivity index (χ1n) is 7.11. The molecule has 2 aromatic rings. The molecule has 0 unspecified atom stereocenters. The van der Waals surface area contributed by atoms with Crippen LogP contribution in [0.4, 0.5) is 9.52 Å². The third-order valence-corrected chi connectivity index (χ3v) is 4.90. The molecule has 6 heteroatoms. The second-order valence-electron chi connectivity index (χ2n) is 5.56. The van der Waals surface area contributed by atoms with E-state index in [1.54, 1.807) is 23.5 Å². The van der Waals surface area contributed by atoms with Crippen molar-refractivity contribution in [1.82, 2.24) is 10.2 Å². The number of halogens is 1. The van der Waals surface area contributed by atoms with Crippen LogP contribution in [0.3, 0.4) is 0 Å². The van der Waals surface area contributed by atoms with Crippen molar-refractivity contribution in [2.45, 2.75) is 25.9 Å². The number of hydrogen-bond donors (Lipinski definition) is 1. The highest BCUT2D eigenvalue weighted by Crippen LogP contribution is 2.27. The summed E-state index contributed by atoms with van der Waals surface area (Å²) in [6.07, 6.45) is 1.32. The summed E-state index contributed by atoms with van der Waals surface area (Å²) in [5.41, 5.74) is 1.02. The van der Waals surface area contributed by atoms with E-state index >= 15 is 0 Å². The van der Waals surface area contributed by atoms with Crippen LogP contribution in [-0.2, 0) is 6.42 Å². The van der Waals surface area contributed by atoms with Crippen LogP contribution in [0.2, 0.25) is 0 Å². The Hall–Kier alpha value is -1.53. The van der Waals surface area contributed by atoms with Gasteiger partial charge in [0, 0.05) is 19.5 Å². The molecule has 4 nitrogen and oxygen atoms in total. The summed E-state index contributed by atoms with van der Waals surface area (Å²) in [7, 11) is 0. The lowest BCUT2D eigenvalue weighted by Crippen LogP contribution is -2.42. The van der Waals surface area contributed by atoms with E-state index in [0.29, 0.717) is 18.9 Å². The molecule has 0 radical (unpaired) electrons. The average molecular weight is 307 g/mol. The molecule has 0 spiro atoms. The van der Waals surface area contributed by atoms with E-state index in [9.17, 15) is 9.50 Å². The van der Waals surface area contributed by atoms with Gasteiger partial charge in [0.05, 0.1) is 6.10 Å². The fraction of sp³-hybridized carbons (Fsp3) is 0.467. The topological polar surface area (TPSA) is 49.2 Å². The first-order valence-corrected chi connectivity index (χ1v) is 7.93. The Labute approximate surface area is 127 Å². The van der Waals surface area contributed by atoms with Crippen LogP contribution in [0, 0.1) is 11.7 Å². The van der Waals surface area contributed by atoms with E-state index < -0.39 is 0 Å². The molecule has 1 aliphatic rings. The molecule has 1 fully saturated rings. The van der Waals surface area contributed by atoms with Crippen LogP contribution in [-0.4, -0.2) is 34.5 Å². The maximum atomic E-state index is 12.9. The summed E-state index contributed by atoms with van der Waals surface area (Å²) in [5, 5.41) is 20.2. The zero-order valence-corrected chi connectivity index (χ0v) is 12.7. The number of anilines is 1. The quantitative estimate of drug-likeness (QED) is 0.946. The molecule has 0 aliphatic carbocycles. The van der Waals surface area contributed by atoms with Crippen LogP contribution in [0.25, 0.3) is 0 Å². The fourth-order valence-corrected chi connectivity index (χ4v) is 3.35. The smallest absolute Gasteiger partial charge is 0.208 e. The van der Waals surface area contributed by atoms with E-state index in [4.69, 9.17) is 0 Å². The number of rotatable bonds is 3. The van der Waals surface area contributed by atoms with Gasteiger partial charge in [-0.25, -0.2) is 4.39 Å². The Morgan fingerprint density at radius 2 is 2.10 bits per heavy atom. The molecule has 0 saturated carbocycles. The minimum atomic E-state index is -0.303. The maximum absolute atomic E-state index is 12.9. The summed E-state index contributed by atoms with van der Waals surface area (Å²) in [6.45, 7) is 3.60. The highest BCUT2D eigenvalue weighted by molar-refractivity contribution is 7.15. The highest BCUT2D eigenvalue weighted by Gasteiger charge is 2.26. The Morgan fingerprint density at radius 3 is 2.81 bits per heavy atom. The summed E-state index contributed by atoms with van der Waals surface area (Å²) < 4.78 is 12.9. The number of hydrogen-bond acceptors (Lipinski definition) is 5. The number of benzene rings is 1. The minimum Gasteiger partial charge on any atom is -0.391 e. The van der Waals surface area contributed by atoms with Crippen LogP contribution >= 0.6 is 11.3 Å².